The lowest BCUT2D eigenvalue weighted by molar-refractivity contribution is -0.115. The van der Waals surface area contributed by atoms with E-state index in [2.05, 4.69) is 10.2 Å². The highest BCUT2D eigenvalue weighted by Gasteiger charge is 2.19. The van der Waals surface area contributed by atoms with E-state index >= 15 is 0 Å². The van der Waals surface area contributed by atoms with Crippen LogP contribution < -0.4 is 16.0 Å². The number of aliphatic hydroxyl groups is 1. The molecule has 1 aliphatic rings. The Balaban J connectivity index is 1.68. The highest BCUT2D eigenvalue weighted by molar-refractivity contribution is 5.95. The van der Waals surface area contributed by atoms with E-state index in [-0.39, 0.29) is 12.0 Å². The molecule has 5 nitrogen and oxygen atoms in total. The molecule has 126 valence electrons. The van der Waals surface area contributed by atoms with Crippen LogP contribution in [0, 0.1) is 0 Å². The lowest BCUT2D eigenvalue weighted by Gasteiger charge is -2.32. The Morgan fingerprint density at radius 2 is 1.79 bits per heavy atom. The molecule has 0 aliphatic carbocycles. The van der Waals surface area contributed by atoms with Gasteiger partial charge < -0.3 is 21.1 Å². The summed E-state index contributed by atoms with van der Waals surface area (Å²) < 4.78 is 0. The van der Waals surface area contributed by atoms with E-state index in [1.54, 1.807) is 12.1 Å². The van der Waals surface area contributed by atoms with Crippen LogP contribution in [0.1, 0.15) is 18.4 Å². The summed E-state index contributed by atoms with van der Waals surface area (Å²) in [5.41, 5.74) is 9.12. The first-order valence-electron chi connectivity index (χ1n) is 8.28. The number of nitrogens with two attached hydrogens (primary N) is 1. The van der Waals surface area contributed by atoms with E-state index in [0.29, 0.717) is 12.1 Å². The van der Waals surface area contributed by atoms with Gasteiger partial charge in [-0.2, -0.15) is 0 Å². The van der Waals surface area contributed by atoms with Crippen LogP contribution >= 0.6 is 0 Å². The molecule has 1 heterocycles. The minimum Gasteiger partial charge on any atom is -0.399 e. The average molecular weight is 325 g/mol. The summed E-state index contributed by atoms with van der Waals surface area (Å²) in [6, 6.07) is 15.2. The predicted octanol–water partition coefficient (Wildman–Crippen LogP) is 2.41. The number of nitrogens with zero attached hydrogens (tertiary/aromatic N) is 1. The van der Waals surface area contributed by atoms with Gasteiger partial charge in [-0.3, -0.25) is 4.79 Å². The first-order valence-corrected chi connectivity index (χ1v) is 8.28. The van der Waals surface area contributed by atoms with Gasteiger partial charge in [0.2, 0.25) is 5.91 Å². The number of nitrogen functional groups attached to an aromatic ring is 1. The Labute approximate surface area is 142 Å². The van der Waals surface area contributed by atoms with Gasteiger partial charge in [-0.25, -0.2) is 0 Å². The molecule has 0 aromatic heterocycles. The van der Waals surface area contributed by atoms with E-state index in [1.807, 2.05) is 36.4 Å². The third kappa shape index (κ3) is 4.06. The first-order chi connectivity index (χ1) is 11.6. The highest BCUT2D eigenvalue weighted by atomic mass is 16.3. The third-order valence-electron chi connectivity index (χ3n) is 4.33. The Morgan fingerprint density at radius 1 is 1.12 bits per heavy atom. The van der Waals surface area contributed by atoms with Gasteiger partial charge in [0, 0.05) is 18.8 Å². The molecular weight excluding hydrogens is 302 g/mol. The number of piperidine rings is 1. The molecule has 1 fully saturated rings. The first kappa shape index (κ1) is 16.3. The van der Waals surface area contributed by atoms with Gasteiger partial charge in [0.05, 0.1) is 23.9 Å². The second kappa shape index (κ2) is 7.36. The van der Waals surface area contributed by atoms with Crippen LogP contribution in [0.2, 0.25) is 0 Å². The van der Waals surface area contributed by atoms with Crippen molar-refractivity contribution in [3.63, 3.8) is 0 Å². The molecule has 0 bridgehead atoms. The molecule has 2 aromatic rings. The van der Waals surface area contributed by atoms with Crippen LogP contribution in [0.4, 0.5) is 17.1 Å². The normalized spacial score (nSPS) is 15.3. The number of hydrogen-bond donors (Lipinski definition) is 3. The van der Waals surface area contributed by atoms with Crippen LogP contribution in [0.15, 0.2) is 48.5 Å². The fraction of sp³-hybridized carbons (Fsp3) is 0.316. The number of benzene rings is 2. The minimum atomic E-state index is -0.214. The SMILES string of the molecule is Nc1ccc(CC(=O)Nc2ccccc2N2CCC(O)CC2)cc1. The number of carbonyl (C=O) groups excluding carboxylic acids is 1. The maximum absolute atomic E-state index is 12.4. The molecule has 2 aromatic carbocycles. The Kier molecular flexibility index (Phi) is 5.01. The standard InChI is InChI=1S/C19H23N3O2/c20-15-7-5-14(6-8-15)13-19(24)21-17-3-1-2-4-18(17)22-11-9-16(23)10-12-22/h1-8,16,23H,9-13,20H2,(H,21,24). The topological polar surface area (TPSA) is 78.6 Å². The summed E-state index contributed by atoms with van der Waals surface area (Å²) >= 11 is 0. The monoisotopic (exact) mass is 325 g/mol. The maximum atomic E-state index is 12.4. The molecule has 0 unspecified atom stereocenters. The third-order valence-corrected chi connectivity index (χ3v) is 4.33. The van der Waals surface area contributed by atoms with Crippen LogP contribution in [0.3, 0.4) is 0 Å². The van der Waals surface area contributed by atoms with Gasteiger partial charge in [-0.15, -0.1) is 0 Å². The van der Waals surface area contributed by atoms with Crippen molar-refractivity contribution in [2.24, 2.45) is 0 Å². The number of hydrogen-bond acceptors (Lipinski definition) is 4. The van der Waals surface area contributed by atoms with E-state index in [4.69, 9.17) is 5.73 Å². The Hall–Kier alpha value is -2.53. The van der Waals surface area contributed by atoms with Crippen molar-refractivity contribution in [2.45, 2.75) is 25.4 Å². The zero-order chi connectivity index (χ0) is 16.9. The van der Waals surface area contributed by atoms with Crippen LogP contribution in [0.5, 0.6) is 0 Å². The fourth-order valence-electron chi connectivity index (χ4n) is 2.98. The van der Waals surface area contributed by atoms with Crippen molar-refractivity contribution in [1.82, 2.24) is 0 Å². The van der Waals surface area contributed by atoms with E-state index in [0.717, 1.165) is 42.9 Å². The molecule has 24 heavy (non-hydrogen) atoms. The van der Waals surface area contributed by atoms with Crippen LogP contribution in [-0.2, 0) is 11.2 Å². The van der Waals surface area contributed by atoms with Crippen molar-refractivity contribution >= 4 is 23.0 Å². The molecule has 4 N–H and O–H groups in total. The number of amides is 1. The van der Waals surface area contributed by atoms with E-state index in [1.165, 1.54) is 0 Å². The van der Waals surface area contributed by atoms with Crippen LogP contribution in [-0.4, -0.2) is 30.2 Å². The second-order valence-corrected chi connectivity index (χ2v) is 6.20. The second-order valence-electron chi connectivity index (χ2n) is 6.20. The number of anilines is 3. The summed E-state index contributed by atoms with van der Waals surface area (Å²) in [5, 5.41) is 12.7. The summed E-state index contributed by atoms with van der Waals surface area (Å²) in [4.78, 5) is 14.6. The van der Waals surface area contributed by atoms with E-state index < -0.39 is 0 Å². The zero-order valence-corrected chi connectivity index (χ0v) is 13.6. The number of para-hydroxylation sites is 2. The molecule has 1 aliphatic heterocycles. The van der Waals surface area contributed by atoms with Crippen molar-refractivity contribution < 1.29 is 9.90 Å². The van der Waals surface area contributed by atoms with Gasteiger partial charge in [-0.1, -0.05) is 24.3 Å². The summed E-state index contributed by atoms with van der Waals surface area (Å²) in [6.45, 7) is 1.60. The molecular formula is C19H23N3O2. The van der Waals surface area contributed by atoms with Gasteiger partial charge in [-0.05, 0) is 42.7 Å². The van der Waals surface area contributed by atoms with Crippen molar-refractivity contribution in [3.8, 4) is 0 Å². The quantitative estimate of drug-likeness (QED) is 0.754. The summed E-state index contributed by atoms with van der Waals surface area (Å²) in [7, 11) is 0. The van der Waals surface area contributed by atoms with Crippen molar-refractivity contribution in [3.05, 3.63) is 54.1 Å². The maximum Gasteiger partial charge on any atom is 0.228 e. The smallest absolute Gasteiger partial charge is 0.228 e. The molecule has 0 atom stereocenters. The average Bonchev–Trinajstić information content (AvgIpc) is 2.58. The van der Waals surface area contributed by atoms with E-state index in [9.17, 15) is 9.90 Å². The van der Waals surface area contributed by atoms with Crippen molar-refractivity contribution in [2.75, 3.05) is 29.0 Å². The molecule has 5 heteroatoms. The zero-order valence-electron chi connectivity index (χ0n) is 13.6. The molecule has 1 amide bonds. The lowest BCUT2D eigenvalue weighted by Crippen LogP contribution is -2.36. The van der Waals surface area contributed by atoms with Crippen molar-refractivity contribution in [1.29, 1.82) is 0 Å². The lowest BCUT2D eigenvalue weighted by atomic mass is 10.1. The number of aliphatic hydroxyl groups excluding tert-OH is 1. The summed E-state index contributed by atoms with van der Waals surface area (Å²) in [5.74, 6) is -0.0516. The molecule has 0 spiro atoms. The molecule has 0 radical (unpaired) electrons. The predicted molar refractivity (Wildman–Crippen MR) is 97.1 cm³/mol. The molecule has 1 saturated heterocycles. The van der Waals surface area contributed by atoms with Gasteiger partial charge >= 0.3 is 0 Å². The molecule has 3 rings (SSSR count). The Morgan fingerprint density at radius 3 is 2.50 bits per heavy atom. The largest absolute Gasteiger partial charge is 0.399 e. The van der Waals surface area contributed by atoms with Gasteiger partial charge in [0.25, 0.3) is 0 Å². The number of rotatable bonds is 4. The molecule has 0 saturated carbocycles. The van der Waals surface area contributed by atoms with Crippen LogP contribution in [0.25, 0.3) is 0 Å². The Bertz CT molecular complexity index is 692. The van der Waals surface area contributed by atoms with Gasteiger partial charge in [0.15, 0.2) is 0 Å². The highest BCUT2D eigenvalue weighted by Crippen LogP contribution is 2.28. The number of nitrogens with one attached hydrogen (secondary N) is 1. The fourth-order valence-corrected chi connectivity index (χ4v) is 2.98. The number of carbonyl (C=O) groups is 1. The minimum absolute atomic E-state index is 0.0516. The summed E-state index contributed by atoms with van der Waals surface area (Å²) in [6.07, 6.45) is 1.61. The van der Waals surface area contributed by atoms with Gasteiger partial charge in [0.1, 0.15) is 0 Å².